The fourth-order valence-corrected chi connectivity index (χ4v) is 2.86. The molecule has 1 aromatic heterocycles. The van der Waals surface area contributed by atoms with Gasteiger partial charge in [0.15, 0.2) is 0 Å². The maximum Gasteiger partial charge on any atom is 0.313 e. The summed E-state index contributed by atoms with van der Waals surface area (Å²) < 4.78 is 5.20. The van der Waals surface area contributed by atoms with Crippen LogP contribution in [0.4, 0.5) is 5.82 Å². The van der Waals surface area contributed by atoms with Crippen molar-refractivity contribution in [2.75, 3.05) is 24.6 Å². The minimum atomic E-state index is -0.427. The SMILES string of the molecule is CCOC(=O)C1(C)CCN(c2ccc3ccccc3n2)C1. The number of hydrogen-bond donors (Lipinski definition) is 0. The third kappa shape index (κ3) is 2.58. The molecule has 3 rings (SSSR count). The summed E-state index contributed by atoms with van der Waals surface area (Å²) in [4.78, 5) is 19.0. The van der Waals surface area contributed by atoms with Crippen molar-refractivity contribution < 1.29 is 9.53 Å². The number of carbonyl (C=O) groups excluding carboxylic acids is 1. The third-order valence-corrected chi connectivity index (χ3v) is 4.15. The van der Waals surface area contributed by atoms with Crippen molar-refractivity contribution in [2.24, 2.45) is 5.41 Å². The Balaban J connectivity index is 1.83. The Labute approximate surface area is 124 Å². The first-order valence-electron chi connectivity index (χ1n) is 7.40. The highest BCUT2D eigenvalue weighted by atomic mass is 16.5. The van der Waals surface area contributed by atoms with E-state index in [9.17, 15) is 4.79 Å². The molecule has 1 aromatic carbocycles. The molecule has 0 spiro atoms. The zero-order valence-corrected chi connectivity index (χ0v) is 12.5. The molecule has 1 fully saturated rings. The van der Waals surface area contributed by atoms with E-state index in [1.165, 1.54) is 0 Å². The monoisotopic (exact) mass is 284 g/mol. The van der Waals surface area contributed by atoms with Gasteiger partial charge in [0.05, 0.1) is 17.5 Å². The van der Waals surface area contributed by atoms with Crippen LogP contribution in [0.1, 0.15) is 20.3 Å². The third-order valence-electron chi connectivity index (χ3n) is 4.15. The molecule has 110 valence electrons. The molecule has 1 saturated heterocycles. The van der Waals surface area contributed by atoms with E-state index in [0.717, 1.165) is 29.7 Å². The molecular formula is C17H20N2O2. The normalized spacial score (nSPS) is 21.7. The lowest BCUT2D eigenvalue weighted by Gasteiger charge is -2.23. The van der Waals surface area contributed by atoms with Crippen molar-refractivity contribution in [1.82, 2.24) is 4.98 Å². The molecule has 0 saturated carbocycles. The molecule has 0 aliphatic carbocycles. The van der Waals surface area contributed by atoms with Gasteiger partial charge in [-0.05, 0) is 38.5 Å². The predicted molar refractivity (Wildman–Crippen MR) is 83.3 cm³/mol. The Morgan fingerprint density at radius 1 is 1.33 bits per heavy atom. The van der Waals surface area contributed by atoms with E-state index < -0.39 is 5.41 Å². The second kappa shape index (κ2) is 5.35. The minimum Gasteiger partial charge on any atom is -0.466 e. The predicted octanol–water partition coefficient (Wildman–Crippen LogP) is 3.01. The molecule has 1 atom stereocenters. The smallest absolute Gasteiger partial charge is 0.313 e. The van der Waals surface area contributed by atoms with Crippen LogP contribution in [0, 0.1) is 5.41 Å². The summed E-state index contributed by atoms with van der Waals surface area (Å²) in [6, 6.07) is 12.2. The summed E-state index contributed by atoms with van der Waals surface area (Å²) in [6.45, 7) is 5.76. The molecule has 0 radical (unpaired) electrons. The van der Waals surface area contributed by atoms with Crippen molar-refractivity contribution in [3.63, 3.8) is 0 Å². The van der Waals surface area contributed by atoms with Crippen LogP contribution >= 0.6 is 0 Å². The number of nitrogens with zero attached hydrogens (tertiary/aromatic N) is 2. The summed E-state index contributed by atoms with van der Waals surface area (Å²) >= 11 is 0. The molecule has 0 N–H and O–H groups in total. The van der Waals surface area contributed by atoms with Gasteiger partial charge in [-0.25, -0.2) is 4.98 Å². The van der Waals surface area contributed by atoms with Crippen molar-refractivity contribution in [3.05, 3.63) is 36.4 Å². The summed E-state index contributed by atoms with van der Waals surface area (Å²) in [6.07, 6.45) is 0.806. The number of pyridine rings is 1. The van der Waals surface area contributed by atoms with Crippen LogP contribution < -0.4 is 4.90 Å². The van der Waals surface area contributed by atoms with Crippen LogP contribution in [0.5, 0.6) is 0 Å². The molecule has 2 heterocycles. The van der Waals surface area contributed by atoms with E-state index in [1.807, 2.05) is 38.1 Å². The molecule has 1 aliphatic rings. The average Bonchev–Trinajstić information content (AvgIpc) is 2.91. The van der Waals surface area contributed by atoms with E-state index in [2.05, 4.69) is 17.0 Å². The van der Waals surface area contributed by atoms with Crippen LogP contribution in [0.25, 0.3) is 10.9 Å². The van der Waals surface area contributed by atoms with Crippen LogP contribution in [-0.2, 0) is 9.53 Å². The highest BCUT2D eigenvalue weighted by molar-refractivity contribution is 5.81. The lowest BCUT2D eigenvalue weighted by Crippen LogP contribution is -2.33. The highest BCUT2D eigenvalue weighted by Crippen LogP contribution is 2.34. The summed E-state index contributed by atoms with van der Waals surface area (Å²) in [7, 11) is 0. The molecule has 4 heteroatoms. The van der Waals surface area contributed by atoms with E-state index in [-0.39, 0.29) is 5.97 Å². The number of fused-ring (bicyclic) bond motifs is 1. The quantitative estimate of drug-likeness (QED) is 0.813. The molecular weight excluding hydrogens is 264 g/mol. The molecule has 0 bridgehead atoms. The Bertz CT molecular complexity index is 671. The number of benzene rings is 1. The van der Waals surface area contributed by atoms with Gasteiger partial charge in [-0.1, -0.05) is 18.2 Å². The second-order valence-corrected chi connectivity index (χ2v) is 5.81. The number of para-hydroxylation sites is 1. The minimum absolute atomic E-state index is 0.103. The van der Waals surface area contributed by atoms with Gasteiger partial charge >= 0.3 is 5.97 Å². The second-order valence-electron chi connectivity index (χ2n) is 5.81. The Hall–Kier alpha value is -2.10. The first kappa shape index (κ1) is 13.9. The number of rotatable bonds is 3. The van der Waals surface area contributed by atoms with Crippen molar-refractivity contribution in [1.29, 1.82) is 0 Å². The van der Waals surface area contributed by atoms with Crippen LogP contribution in [0.2, 0.25) is 0 Å². The topological polar surface area (TPSA) is 42.4 Å². The lowest BCUT2D eigenvalue weighted by molar-refractivity contribution is -0.153. The fraction of sp³-hybridized carbons (Fsp3) is 0.412. The number of carbonyl (C=O) groups is 1. The number of hydrogen-bond acceptors (Lipinski definition) is 4. The first-order valence-corrected chi connectivity index (χ1v) is 7.40. The van der Waals surface area contributed by atoms with Crippen LogP contribution in [0.15, 0.2) is 36.4 Å². The molecule has 21 heavy (non-hydrogen) atoms. The van der Waals surface area contributed by atoms with Crippen molar-refractivity contribution in [2.45, 2.75) is 20.3 Å². The fourth-order valence-electron chi connectivity index (χ4n) is 2.86. The number of anilines is 1. The van der Waals surface area contributed by atoms with Crippen molar-refractivity contribution in [3.8, 4) is 0 Å². The Morgan fingerprint density at radius 2 is 2.14 bits per heavy atom. The number of aromatic nitrogens is 1. The van der Waals surface area contributed by atoms with Crippen LogP contribution in [-0.4, -0.2) is 30.6 Å². The molecule has 2 aromatic rings. The summed E-state index contributed by atoms with van der Waals surface area (Å²) in [5.41, 5.74) is 0.559. The number of ether oxygens (including phenoxy) is 1. The maximum absolute atomic E-state index is 12.1. The molecule has 1 aliphatic heterocycles. The summed E-state index contributed by atoms with van der Waals surface area (Å²) in [5.74, 6) is 0.829. The van der Waals surface area contributed by atoms with E-state index >= 15 is 0 Å². The summed E-state index contributed by atoms with van der Waals surface area (Å²) in [5, 5.41) is 1.13. The highest BCUT2D eigenvalue weighted by Gasteiger charge is 2.42. The van der Waals surface area contributed by atoms with Crippen molar-refractivity contribution >= 4 is 22.7 Å². The van der Waals surface area contributed by atoms with Gasteiger partial charge in [0, 0.05) is 18.5 Å². The zero-order chi connectivity index (χ0) is 14.9. The largest absolute Gasteiger partial charge is 0.466 e. The van der Waals surface area contributed by atoms with Gasteiger partial charge in [0.25, 0.3) is 0 Å². The van der Waals surface area contributed by atoms with Gasteiger partial charge in [0.1, 0.15) is 5.82 Å². The Kier molecular flexibility index (Phi) is 3.53. The van der Waals surface area contributed by atoms with E-state index in [4.69, 9.17) is 9.72 Å². The number of esters is 1. The lowest BCUT2D eigenvalue weighted by atomic mass is 9.90. The van der Waals surface area contributed by atoms with Gasteiger partial charge < -0.3 is 9.64 Å². The molecule has 4 nitrogen and oxygen atoms in total. The van der Waals surface area contributed by atoms with E-state index in [1.54, 1.807) is 0 Å². The van der Waals surface area contributed by atoms with E-state index in [0.29, 0.717) is 13.2 Å². The van der Waals surface area contributed by atoms with Gasteiger partial charge in [-0.2, -0.15) is 0 Å². The molecule has 0 amide bonds. The van der Waals surface area contributed by atoms with Crippen LogP contribution in [0.3, 0.4) is 0 Å². The first-order chi connectivity index (χ1) is 10.1. The maximum atomic E-state index is 12.1. The standard InChI is InChI=1S/C17H20N2O2/c1-3-21-16(20)17(2)10-11-19(12-17)15-9-8-13-6-4-5-7-14(13)18-15/h4-9H,3,10-12H2,1-2H3. The Morgan fingerprint density at radius 3 is 2.95 bits per heavy atom. The zero-order valence-electron chi connectivity index (χ0n) is 12.5. The average molecular weight is 284 g/mol. The van der Waals surface area contributed by atoms with Gasteiger partial charge in [-0.3, -0.25) is 4.79 Å². The van der Waals surface area contributed by atoms with Gasteiger partial charge in [-0.15, -0.1) is 0 Å². The van der Waals surface area contributed by atoms with Gasteiger partial charge in [0.2, 0.25) is 0 Å². The molecule has 1 unspecified atom stereocenters.